The zero-order chi connectivity index (χ0) is 18.6. The summed E-state index contributed by atoms with van der Waals surface area (Å²) in [5, 5.41) is 11.7. The van der Waals surface area contributed by atoms with E-state index < -0.39 is 23.6 Å². The van der Waals surface area contributed by atoms with Gasteiger partial charge >= 0.3 is 12.0 Å². The second-order valence-electron chi connectivity index (χ2n) is 6.88. The molecule has 0 unspecified atom stereocenters. The molecule has 0 aliphatic carbocycles. The number of carboxylic acid groups (broad SMARTS) is 1. The van der Waals surface area contributed by atoms with Gasteiger partial charge in [-0.25, -0.2) is 4.79 Å². The topological polar surface area (TPSA) is 139 Å². The van der Waals surface area contributed by atoms with Gasteiger partial charge in [-0.3, -0.25) is 14.5 Å². The quantitative estimate of drug-likeness (QED) is 0.267. The molecule has 0 aromatic carbocycles. The summed E-state index contributed by atoms with van der Waals surface area (Å²) >= 11 is 1.71. The highest BCUT2D eigenvalue weighted by atomic mass is 32.2. The lowest BCUT2D eigenvalue weighted by atomic mass is 9.98. The third kappa shape index (κ3) is 4.65. The van der Waals surface area contributed by atoms with Crippen LogP contribution in [-0.2, 0) is 9.59 Å². The number of aliphatic carboxylic acids is 1. The standard InChI is InChI=1S/C16H28N4O4S/c1-2-3-8-16(17,18)14(23)20-13-10(19-15(20)24)9-25-11(13)6-4-5-7-12(21)22/h10-11,13H,2-9,17-18H2,1H3,(H,19,24)(H,21,22)/t10-,11-,13-/m1/s1. The molecule has 9 heteroatoms. The summed E-state index contributed by atoms with van der Waals surface area (Å²) in [5.74, 6) is -0.594. The van der Waals surface area contributed by atoms with Crippen molar-refractivity contribution in [3.8, 4) is 0 Å². The monoisotopic (exact) mass is 372 g/mol. The molecule has 0 aromatic heterocycles. The first-order valence-electron chi connectivity index (χ1n) is 8.83. The van der Waals surface area contributed by atoms with E-state index in [1.807, 2.05) is 6.92 Å². The predicted octanol–water partition coefficient (Wildman–Crippen LogP) is 0.840. The fourth-order valence-corrected chi connectivity index (χ4v) is 5.00. The molecule has 142 valence electrons. The smallest absolute Gasteiger partial charge is 0.324 e. The molecule has 0 aromatic rings. The number of unbranched alkanes of at least 4 members (excludes halogenated alkanes) is 2. The van der Waals surface area contributed by atoms with Gasteiger partial charge in [0.25, 0.3) is 5.91 Å². The number of nitrogens with one attached hydrogen (secondary N) is 1. The van der Waals surface area contributed by atoms with Gasteiger partial charge in [0, 0.05) is 17.4 Å². The van der Waals surface area contributed by atoms with Gasteiger partial charge in [-0.2, -0.15) is 11.8 Å². The van der Waals surface area contributed by atoms with Gasteiger partial charge in [0.1, 0.15) is 5.66 Å². The number of hydrogen-bond acceptors (Lipinski definition) is 6. The lowest BCUT2D eigenvalue weighted by molar-refractivity contribution is -0.137. The Balaban J connectivity index is 2.03. The van der Waals surface area contributed by atoms with Crippen LogP contribution < -0.4 is 16.8 Å². The average molecular weight is 372 g/mol. The molecule has 2 aliphatic heterocycles. The fourth-order valence-electron chi connectivity index (χ4n) is 3.42. The summed E-state index contributed by atoms with van der Waals surface area (Å²) in [5.41, 5.74) is 10.5. The number of hydrogen-bond donors (Lipinski definition) is 4. The molecule has 2 heterocycles. The number of carbonyl (C=O) groups excluding carboxylic acids is 2. The maximum absolute atomic E-state index is 12.8. The highest BCUT2D eigenvalue weighted by Gasteiger charge is 2.53. The van der Waals surface area contributed by atoms with Gasteiger partial charge in [0.2, 0.25) is 0 Å². The first kappa shape index (κ1) is 20.0. The number of thioether (sulfide) groups is 1. The Bertz CT molecular complexity index is 528. The minimum absolute atomic E-state index is 0.0867. The highest BCUT2D eigenvalue weighted by Crippen LogP contribution is 2.38. The number of rotatable bonds is 9. The van der Waals surface area contributed by atoms with Gasteiger partial charge in [-0.1, -0.05) is 26.2 Å². The first-order valence-corrected chi connectivity index (χ1v) is 9.88. The molecule has 3 atom stereocenters. The number of nitrogens with zero attached hydrogens (tertiary/aromatic N) is 1. The molecular formula is C16H28N4O4S. The lowest BCUT2D eigenvalue weighted by Gasteiger charge is -2.32. The van der Waals surface area contributed by atoms with Crippen molar-refractivity contribution in [2.75, 3.05) is 5.75 Å². The number of carbonyl (C=O) groups is 3. The van der Waals surface area contributed by atoms with Crippen LogP contribution in [0.15, 0.2) is 0 Å². The molecule has 0 spiro atoms. The van der Waals surface area contributed by atoms with Crippen molar-refractivity contribution < 1.29 is 19.5 Å². The van der Waals surface area contributed by atoms with Crippen LogP contribution in [-0.4, -0.2) is 56.7 Å². The van der Waals surface area contributed by atoms with Crippen LogP contribution in [0.3, 0.4) is 0 Å². The Morgan fingerprint density at radius 1 is 1.36 bits per heavy atom. The van der Waals surface area contributed by atoms with Gasteiger partial charge in [-0.15, -0.1) is 0 Å². The van der Waals surface area contributed by atoms with E-state index in [0.29, 0.717) is 12.8 Å². The summed E-state index contributed by atoms with van der Waals surface area (Å²) in [4.78, 5) is 37.0. The van der Waals surface area contributed by atoms with Gasteiger partial charge in [-0.05, 0) is 19.3 Å². The van der Waals surface area contributed by atoms with E-state index in [0.717, 1.165) is 31.4 Å². The van der Waals surface area contributed by atoms with Gasteiger partial charge in [0.05, 0.1) is 12.1 Å². The van der Waals surface area contributed by atoms with Crippen LogP contribution >= 0.6 is 11.8 Å². The number of amides is 3. The van der Waals surface area contributed by atoms with E-state index in [1.165, 1.54) is 4.90 Å². The van der Waals surface area contributed by atoms with Crippen molar-refractivity contribution in [1.29, 1.82) is 0 Å². The van der Waals surface area contributed by atoms with Crippen molar-refractivity contribution in [2.24, 2.45) is 11.5 Å². The van der Waals surface area contributed by atoms with Gasteiger partial charge in [0.15, 0.2) is 0 Å². The first-order chi connectivity index (χ1) is 11.8. The maximum Gasteiger partial charge on any atom is 0.324 e. The van der Waals surface area contributed by atoms with E-state index in [4.69, 9.17) is 16.6 Å². The van der Waals surface area contributed by atoms with Crippen molar-refractivity contribution >= 4 is 29.7 Å². The van der Waals surface area contributed by atoms with E-state index in [1.54, 1.807) is 11.8 Å². The number of carboxylic acids is 1. The summed E-state index contributed by atoms with van der Waals surface area (Å²) in [6, 6.07) is -0.775. The molecule has 0 radical (unpaired) electrons. The largest absolute Gasteiger partial charge is 0.481 e. The van der Waals surface area contributed by atoms with Crippen molar-refractivity contribution in [3.05, 3.63) is 0 Å². The van der Waals surface area contributed by atoms with E-state index >= 15 is 0 Å². The molecule has 6 N–H and O–H groups in total. The molecule has 2 aliphatic rings. The molecule has 2 fully saturated rings. The summed E-state index contributed by atoms with van der Waals surface area (Å²) in [6.07, 6.45) is 4.15. The third-order valence-electron chi connectivity index (χ3n) is 4.80. The van der Waals surface area contributed by atoms with Crippen molar-refractivity contribution in [2.45, 2.75) is 74.9 Å². The Morgan fingerprint density at radius 3 is 2.72 bits per heavy atom. The maximum atomic E-state index is 12.8. The van der Waals surface area contributed by atoms with Crippen LogP contribution in [0.25, 0.3) is 0 Å². The van der Waals surface area contributed by atoms with Crippen LogP contribution in [0.1, 0.15) is 51.9 Å². The SMILES string of the molecule is CCCCC(N)(N)C(=O)N1C(=O)N[C@@H]2CS[C@H](CCCCC(=O)O)[C@@H]21. The number of imide groups is 1. The highest BCUT2D eigenvalue weighted by molar-refractivity contribution is 8.00. The Kier molecular flexibility index (Phi) is 6.70. The van der Waals surface area contributed by atoms with Crippen LogP contribution in [0.4, 0.5) is 4.79 Å². The lowest BCUT2D eigenvalue weighted by Crippen LogP contribution is -2.64. The number of nitrogens with two attached hydrogens (primary N) is 2. The Morgan fingerprint density at radius 2 is 2.08 bits per heavy atom. The van der Waals surface area contributed by atoms with E-state index in [9.17, 15) is 14.4 Å². The minimum atomic E-state index is -1.54. The molecular weight excluding hydrogens is 344 g/mol. The molecule has 8 nitrogen and oxygen atoms in total. The second kappa shape index (κ2) is 8.37. The fraction of sp³-hybridized carbons (Fsp3) is 0.812. The Labute approximate surface area is 152 Å². The molecule has 0 saturated carbocycles. The Hall–Kier alpha value is -1.32. The normalized spacial score (nSPS) is 25.8. The number of urea groups is 1. The van der Waals surface area contributed by atoms with Crippen molar-refractivity contribution in [1.82, 2.24) is 10.2 Å². The summed E-state index contributed by atoms with van der Waals surface area (Å²) in [7, 11) is 0. The molecule has 2 saturated heterocycles. The van der Waals surface area contributed by atoms with Crippen LogP contribution in [0.5, 0.6) is 0 Å². The van der Waals surface area contributed by atoms with E-state index in [-0.39, 0.29) is 23.8 Å². The second-order valence-corrected chi connectivity index (χ2v) is 8.15. The minimum Gasteiger partial charge on any atom is -0.481 e. The molecule has 0 bridgehead atoms. The zero-order valence-electron chi connectivity index (χ0n) is 14.6. The van der Waals surface area contributed by atoms with E-state index in [2.05, 4.69) is 5.32 Å². The molecule has 25 heavy (non-hydrogen) atoms. The third-order valence-corrected chi connectivity index (χ3v) is 6.29. The van der Waals surface area contributed by atoms with Crippen molar-refractivity contribution in [3.63, 3.8) is 0 Å². The predicted molar refractivity (Wildman–Crippen MR) is 95.9 cm³/mol. The molecule has 3 amide bonds. The zero-order valence-corrected chi connectivity index (χ0v) is 15.4. The van der Waals surface area contributed by atoms with Gasteiger partial charge < -0.3 is 21.9 Å². The average Bonchev–Trinajstić information content (AvgIpc) is 3.07. The number of fused-ring (bicyclic) bond motifs is 1. The summed E-state index contributed by atoms with van der Waals surface area (Å²) < 4.78 is 0. The van der Waals surface area contributed by atoms with Crippen LogP contribution in [0, 0.1) is 0 Å². The van der Waals surface area contributed by atoms with Crippen LogP contribution in [0.2, 0.25) is 0 Å². The summed E-state index contributed by atoms with van der Waals surface area (Å²) in [6.45, 7) is 1.99. The molecule has 2 rings (SSSR count).